The van der Waals surface area contributed by atoms with Gasteiger partial charge in [-0.3, -0.25) is 5.32 Å². The second-order valence-electron chi connectivity index (χ2n) is 7.45. The fourth-order valence-corrected chi connectivity index (χ4v) is 3.66. The number of aromatic nitrogens is 1. The number of nitrogens with zero attached hydrogens (tertiary/aromatic N) is 1. The Labute approximate surface area is 163 Å². The zero-order valence-electron chi connectivity index (χ0n) is 16.3. The smallest absolute Gasteiger partial charge is 0.411 e. The summed E-state index contributed by atoms with van der Waals surface area (Å²) in [4.78, 5) is 16.1. The van der Waals surface area contributed by atoms with Gasteiger partial charge in [0, 0.05) is 11.1 Å². The number of ether oxygens (including phenoxy) is 2. The van der Waals surface area contributed by atoms with Crippen molar-refractivity contribution in [1.29, 1.82) is 0 Å². The summed E-state index contributed by atoms with van der Waals surface area (Å²) in [5, 5.41) is 3.81. The lowest BCUT2D eigenvalue weighted by Gasteiger charge is -2.13. The van der Waals surface area contributed by atoms with E-state index in [4.69, 9.17) is 9.72 Å². The number of carbonyl (C=O) groups is 1. The Hall–Kier alpha value is -2.60. The van der Waals surface area contributed by atoms with Crippen LogP contribution in [0.25, 0.3) is 10.2 Å². The molecule has 3 aromatic rings. The molecule has 1 amide bonds. The summed E-state index contributed by atoms with van der Waals surface area (Å²) in [6.07, 6.45) is -0.487. The molecule has 5 nitrogen and oxygen atoms in total. The number of benzene rings is 2. The number of fused-ring (bicyclic) bond motifs is 1. The first-order valence-corrected chi connectivity index (χ1v) is 9.56. The second-order valence-corrected chi connectivity index (χ2v) is 8.48. The van der Waals surface area contributed by atoms with Gasteiger partial charge in [-0.1, -0.05) is 26.8 Å². The first-order valence-electron chi connectivity index (χ1n) is 8.74. The lowest BCUT2D eigenvalue weighted by Crippen LogP contribution is -2.11. The van der Waals surface area contributed by atoms with Crippen LogP contribution in [0.3, 0.4) is 0 Å². The molecule has 1 N–H and O–H groups in total. The summed E-state index contributed by atoms with van der Waals surface area (Å²) in [7, 11) is 1.34. The molecule has 0 aliphatic rings. The Bertz CT molecular complexity index is 973. The van der Waals surface area contributed by atoms with E-state index in [0.29, 0.717) is 12.3 Å². The van der Waals surface area contributed by atoms with Gasteiger partial charge in [-0.2, -0.15) is 0 Å². The maximum Gasteiger partial charge on any atom is 0.411 e. The molecule has 2 aromatic carbocycles. The van der Waals surface area contributed by atoms with Crippen molar-refractivity contribution >= 4 is 33.3 Å². The highest BCUT2D eigenvalue weighted by molar-refractivity contribution is 7.18. The van der Waals surface area contributed by atoms with Crippen LogP contribution in [0.4, 0.5) is 10.5 Å². The predicted octanol–water partition coefficient (Wildman–Crippen LogP) is 5.66. The molecule has 0 radical (unpaired) electrons. The molecule has 0 spiro atoms. The van der Waals surface area contributed by atoms with E-state index in [1.54, 1.807) is 11.3 Å². The largest absolute Gasteiger partial charge is 0.489 e. The lowest BCUT2D eigenvalue weighted by atomic mass is 9.98. The van der Waals surface area contributed by atoms with Gasteiger partial charge in [0.05, 0.1) is 22.3 Å². The fraction of sp³-hybridized carbons (Fsp3) is 0.333. The highest BCUT2D eigenvalue weighted by Crippen LogP contribution is 2.32. The number of carbonyl (C=O) groups excluding carboxylic acids is 1. The predicted molar refractivity (Wildman–Crippen MR) is 110 cm³/mol. The van der Waals surface area contributed by atoms with Crippen LogP contribution in [0.1, 0.15) is 36.9 Å². The molecule has 6 heteroatoms. The third-order valence-corrected chi connectivity index (χ3v) is 5.56. The molecular weight excluding hydrogens is 360 g/mol. The minimum Gasteiger partial charge on any atom is -0.489 e. The third-order valence-electron chi connectivity index (χ3n) is 4.12. The average Bonchev–Trinajstić information content (AvgIpc) is 3.05. The van der Waals surface area contributed by atoms with Crippen LogP contribution < -0.4 is 10.1 Å². The van der Waals surface area contributed by atoms with Gasteiger partial charge in [0.15, 0.2) is 0 Å². The van der Waals surface area contributed by atoms with E-state index in [0.717, 1.165) is 27.4 Å². The van der Waals surface area contributed by atoms with E-state index < -0.39 is 6.09 Å². The SMILES string of the molecule is COC(=O)Nc1ccc(OCc2ccc3nc(C(C)(C)C)sc3c2)cc1C. The Balaban J connectivity index is 1.71. The number of amides is 1. The molecule has 1 heterocycles. The van der Waals surface area contributed by atoms with Crippen molar-refractivity contribution in [2.45, 2.75) is 39.7 Å². The van der Waals surface area contributed by atoms with Gasteiger partial charge in [0.25, 0.3) is 0 Å². The van der Waals surface area contributed by atoms with Crippen molar-refractivity contribution in [3.63, 3.8) is 0 Å². The van der Waals surface area contributed by atoms with E-state index in [2.05, 4.69) is 43.0 Å². The Morgan fingerprint density at radius 3 is 2.63 bits per heavy atom. The van der Waals surface area contributed by atoms with Crippen LogP contribution >= 0.6 is 11.3 Å². The van der Waals surface area contributed by atoms with Crippen LogP contribution in [0.5, 0.6) is 5.75 Å². The summed E-state index contributed by atoms with van der Waals surface area (Å²) >= 11 is 1.73. The maximum absolute atomic E-state index is 11.3. The quantitative estimate of drug-likeness (QED) is 0.630. The normalized spacial score (nSPS) is 11.4. The van der Waals surface area contributed by atoms with E-state index >= 15 is 0 Å². The molecule has 0 aliphatic carbocycles. The lowest BCUT2D eigenvalue weighted by molar-refractivity contribution is 0.187. The Kier molecular flexibility index (Phi) is 5.37. The van der Waals surface area contributed by atoms with Crippen molar-refractivity contribution < 1.29 is 14.3 Å². The van der Waals surface area contributed by atoms with Crippen molar-refractivity contribution in [1.82, 2.24) is 4.98 Å². The summed E-state index contributed by atoms with van der Waals surface area (Å²) in [5.74, 6) is 0.752. The van der Waals surface area contributed by atoms with Gasteiger partial charge in [-0.25, -0.2) is 9.78 Å². The van der Waals surface area contributed by atoms with Crippen LogP contribution in [0.15, 0.2) is 36.4 Å². The Morgan fingerprint density at radius 2 is 1.96 bits per heavy atom. The average molecular weight is 385 g/mol. The number of anilines is 1. The molecule has 0 fully saturated rings. The zero-order valence-corrected chi connectivity index (χ0v) is 17.1. The third kappa shape index (κ3) is 4.57. The number of hydrogen-bond acceptors (Lipinski definition) is 5. The van der Waals surface area contributed by atoms with Gasteiger partial charge >= 0.3 is 6.09 Å². The van der Waals surface area contributed by atoms with Crippen molar-refractivity contribution in [2.24, 2.45) is 0 Å². The number of nitrogens with one attached hydrogen (secondary N) is 1. The Morgan fingerprint density at radius 1 is 1.19 bits per heavy atom. The molecule has 0 saturated carbocycles. The van der Waals surface area contributed by atoms with E-state index in [1.807, 2.05) is 31.2 Å². The molecule has 0 unspecified atom stereocenters. The van der Waals surface area contributed by atoms with Gasteiger partial charge < -0.3 is 9.47 Å². The van der Waals surface area contributed by atoms with Crippen molar-refractivity contribution in [3.05, 3.63) is 52.5 Å². The number of methoxy groups -OCH3 is 1. The number of aryl methyl sites for hydroxylation is 1. The number of thiazole rings is 1. The summed E-state index contributed by atoms with van der Waals surface area (Å²) < 4.78 is 11.7. The minimum atomic E-state index is -0.487. The molecule has 0 aliphatic heterocycles. The van der Waals surface area contributed by atoms with Gasteiger partial charge in [-0.15, -0.1) is 11.3 Å². The zero-order chi connectivity index (χ0) is 19.6. The highest BCUT2D eigenvalue weighted by Gasteiger charge is 2.18. The van der Waals surface area contributed by atoms with Gasteiger partial charge in [-0.05, 0) is 48.4 Å². The van der Waals surface area contributed by atoms with E-state index in [9.17, 15) is 4.79 Å². The van der Waals surface area contributed by atoms with Crippen LogP contribution in [0.2, 0.25) is 0 Å². The van der Waals surface area contributed by atoms with Gasteiger partial charge in [0.1, 0.15) is 12.4 Å². The summed E-state index contributed by atoms with van der Waals surface area (Å²) in [5.41, 5.74) is 3.79. The first kappa shape index (κ1) is 19.2. The minimum absolute atomic E-state index is 0.0534. The number of hydrogen-bond donors (Lipinski definition) is 1. The molecule has 0 bridgehead atoms. The topological polar surface area (TPSA) is 60.5 Å². The second kappa shape index (κ2) is 7.56. The van der Waals surface area contributed by atoms with E-state index in [1.165, 1.54) is 11.8 Å². The van der Waals surface area contributed by atoms with Crippen LogP contribution in [-0.4, -0.2) is 18.2 Å². The van der Waals surface area contributed by atoms with Crippen LogP contribution in [0, 0.1) is 6.92 Å². The number of rotatable bonds is 4. The molecule has 27 heavy (non-hydrogen) atoms. The monoisotopic (exact) mass is 384 g/mol. The maximum atomic E-state index is 11.3. The van der Waals surface area contributed by atoms with E-state index in [-0.39, 0.29) is 5.41 Å². The van der Waals surface area contributed by atoms with Crippen molar-refractivity contribution in [3.8, 4) is 5.75 Å². The molecule has 0 saturated heterocycles. The van der Waals surface area contributed by atoms with Crippen LogP contribution in [-0.2, 0) is 16.8 Å². The first-order chi connectivity index (χ1) is 12.8. The van der Waals surface area contributed by atoms with Crippen molar-refractivity contribution in [2.75, 3.05) is 12.4 Å². The fourth-order valence-electron chi connectivity index (χ4n) is 2.57. The highest BCUT2D eigenvalue weighted by atomic mass is 32.1. The van der Waals surface area contributed by atoms with Gasteiger partial charge in [0.2, 0.25) is 0 Å². The molecule has 1 aromatic heterocycles. The molecular formula is C21H24N2O3S. The summed E-state index contributed by atoms with van der Waals surface area (Å²) in [6.45, 7) is 8.92. The summed E-state index contributed by atoms with van der Waals surface area (Å²) in [6, 6.07) is 11.8. The standard InChI is InChI=1S/C21H24N2O3S/c1-13-10-15(7-9-16(13)23-20(24)25-5)26-12-14-6-8-17-18(11-14)27-19(22-17)21(2,3)4/h6-11H,12H2,1-5H3,(H,23,24). The molecule has 142 valence electrons. The molecule has 3 rings (SSSR count). The molecule has 0 atom stereocenters.